The molecule has 0 aromatic heterocycles. The first-order chi connectivity index (χ1) is 15.0. The summed E-state index contributed by atoms with van der Waals surface area (Å²) in [6.07, 6.45) is 0. The molecule has 1 heterocycles. The number of halogens is 1. The van der Waals surface area contributed by atoms with Crippen LogP contribution in [0.4, 0.5) is 11.4 Å². The van der Waals surface area contributed by atoms with Crippen molar-refractivity contribution in [1.82, 2.24) is 0 Å². The number of amides is 2. The fourth-order valence-corrected chi connectivity index (χ4v) is 3.50. The first-order valence-electron chi connectivity index (χ1n) is 9.46. The van der Waals surface area contributed by atoms with Crippen molar-refractivity contribution in [2.24, 2.45) is 0 Å². The molecular weight excluding hydrogens is 416 g/mol. The fraction of sp³-hybridized carbons (Fsp3) is 0.0833. The summed E-state index contributed by atoms with van der Waals surface area (Å²) in [5, 5.41) is 3.63. The Bertz CT molecular complexity index is 1170. The minimum absolute atomic E-state index is 0.162. The Morgan fingerprint density at radius 3 is 2.13 bits per heavy atom. The standard InChI is InChI=1S/C24H19ClN2O4/c1-30-18-13-7-15(8-14-18)21-22(26-19-5-3-4-6-20(19)31-2)24(29)27(23(21)28)17-11-9-16(25)10-12-17/h3-14,26H,1-2H3. The summed E-state index contributed by atoms with van der Waals surface area (Å²) in [7, 11) is 3.11. The zero-order valence-corrected chi connectivity index (χ0v) is 17.6. The molecule has 1 N–H and O–H groups in total. The van der Waals surface area contributed by atoms with Crippen molar-refractivity contribution in [3.63, 3.8) is 0 Å². The average molecular weight is 435 g/mol. The highest BCUT2D eigenvalue weighted by Gasteiger charge is 2.40. The molecule has 0 saturated carbocycles. The van der Waals surface area contributed by atoms with Gasteiger partial charge in [-0.3, -0.25) is 9.59 Å². The van der Waals surface area contributed by atoms with Gasteiger partial charge in [0.1, 0.15) is 17.2 Å². The summed E-state index contributed by atoms with van der Waals surface area (Å²) in [5.41, 5.74) is 2.02. The van der Waals surface area contributed by atoms with Crippen LogP contribution in [-0.4, -0.2) is 26.0 Å². The molecule has 0 unspecified atom stereocenters. The molecule has 0 aliphatic carbocycles. The number of benzene rings is 3. The van der Waals surface area contributed by atoms with Crippen LogP contribution in [0.25, 0.3) is 5.57 Å². The molecular formula is C24H19ClN2O4. The van der Waals surface area contributed by atoms with Gasteiger partial charge in [0.05, 0.1) is 31.2 Å². The van der Waals surface area contributed by atoms with Crippen LogP contribution < -0.4 is 19.7 Å². The van der Waals surface area contributed by atoms with Gasteiger partial charge in [0.25, 0.3) is 11.8 Å². The zero-order chi connectivity index (χ0) is 22.0. The maximum Gasteiger partial charge on any atom is 0.282 e. The van der Waals surface area contributed by atoms with Gasteiger partial charge in [0.2, 0.25) is 0 Å². The number of anilines is 2. The van der Waals surface area contributed by atoms with Gasteiger partial charge >= 0.3 is 0 Å². The van der Waals surface area contributed by atoms with Crippen LogP contribution in [-0.2, 0) is 9.59 Å². The number of rotatable bonds is 6. The predicted octanol–water partition coefficient (Wildman–Crippen LogP) is 4.75. The van der Waals surface area contributed by atoms with Gasteiger partial charge in [-0.2, -0.15) is 0 Å². The molecule has 1 aliphatic heterocycles. The highest BCUT2D eigenvalue weighted by molar-refractivity contribution is 6.46. The Labute approximate surface area is 184 Å². The number of carbonyl (C=O) groups is 2. The number of ether oxygens (including phenoxy) is 2. The van der Waals surface area contributed by atoms with Crippen molar-refractivity contribution >= 4 is 40.4 Å². The molecule has 0 bridgehead atoms. The third kappa shape index (κ3) is 3.85. The first kappa shape index (κ1) is 20.5. The van der Waals surface area contributed by atoms with E-state index >= 15 is 0 Å². The quantitative estimate of drug-likeness (QED) is 0.567. The number of imide groups is 1. The zero-order valence-electron chi connectivity index (χ0n) is 16.9. The second kappa shape index (κ2) is 8.53. The Morgan fingerprint density at radius 1 is 0.806 bits per heavy atom. The minimum atomic E-state index is -0.468. The summed E-state index contributed by atoms with van der Waals surface area (Å²) >= 11 is 5.98. The third-order valence-corrected chi connectivity index (χ3v) is 5.17. The summed E-state index contributed by atoms with van der Waals surface area (Å²) in [6, 6.07) is 20.7. The lowest BCUT2D eigenvalue weighted by atomic mass is 10.0. The molecule has 0 fully saturated rings. The van der Waals surface area contributed by atoms with Crippen molar-refractivity contribution < 1.29 is 19.1 Å². The van der Waals surface area contributed by atoms with E-state index in [2.05, 4.69) is 5.32 Å². The Hall–Kier alpha value is -3.77. The van der Waals surface area contributed by atoms with E-state index in [9.17, 15) is 9.59 Å². The van der Waals surface area contributed by atoms with E-state index in [-0.39, 0.29) is 11.3 Å². The summed E-state index contributed by atoms with van der Waals surface area (Å²) < 4.78 is 10.6. The molecule has 156 valence electrons. The molecule has 0 saturated heterocycles. The van der Waals surface area contributed by atoms with E-state index in [1.165, 1.54) is 0 Å². The van der Waals surface area contributed by atoms with E-state index in [1.54, 1.807) is 74.9 Å². The van der Waals surface area contributed by atoms with Gasteiger partial charge in [0, 0.05) is 5.02 Å². The largest absolute Gasteiger partial charge is 0.497 e. The van der Waals surface area contributed by atoms with Crippen LogP contribution in [0, 0.1) is 0 Å². The number of nitrogens with one attached hydrogen (secondary N) is 1. The van der Waals surface area contributed by atoms with E-state index < -0.39 is 11.8 Å². The van der Waals surface area contributed by atoms with Crippen molar-refractivity contribution in [2.75, 3.05) is 24.4 Å². The molecule has 0 spiro atoms. The van der Waals surface area contributed by atoms with Crippen LogP contribution in [0.15, 0.2) is 78.5 Å². The molecule has 4 rings (SSSR count). The summed E-state index contributed by atoms with van der Waals surface area (Å²) in [5.74, 6) is 0.295. The third-order valence-electron chi connectivity index (χ3n) is 4.91. The van der Waals surface area contributed by atoms with Crippen LogP contribution >= 0.6 is 11.6 Å². The van der Waals surface area contributed by atoms with Gasteiger partial charge in [0.15, 0.2) is 0 Å². The molecule has 0 atom stereocenters. The lowest BCUT2D eigenvalue weighted by Gasteiger charge is -2.16. The Balaban J connectivity index is 1.82. The molecule has 31 heavy (non-hydrogen) atoms. The number of hydrogen-bond acceptors (Lipinski definition) is 5. The van der Waals surface area contributed by atoms with Crippen LogP contribution in [0.1, 0.15) is 5.56 Å². The summed E-state index contributed by atoms with van der Waals surface area (Å²) in [6.45, 7) is 0. The highest BCUT2D eigenvalue weighted by Crippen LogP contribution is 2.36. The normalized spacial score (nSPS) is 13.6. The number of carbonyl (C=O) groups excluding carboxylic acids is 2. The molecule has 0 radical (unpaired) electrons. The van der Waals surface area contributed by atoms with Crippen molar-refractivity contribution in [3.05, 3.63) is 89.1 Å². The van der Waals surface area contributed by atoms with Gasteiger partial charge < -0.3 is 14.8 Å². The van der Waals surface area contributed by atoms with Crippen LogP contribution in [0.2, 0.25) is 5.02 Å². The number of methoxy groups -OCH3 is 2. The van der Waals surface area contributed by atoms with Crippen molar-refractivity contribution in [3.8, 4) is 11.5 Å². The topological polar surface area (TPSA) is 67.9 Å². The van der Waals surface area contributed by atoms with Gasteiger partial charge in [-0.25, -0.2) is 4.90 Å². The fourth-order valence-electron chi connectivity index (χ4n) is 3.38. The second-order valence-corrected chi connectivity index (χ2v) is 7.16. The van der Waals surface area contributed by atoms with Crippen LogP contribution in [0.3, 0.4) is 0 Å². The minimum Gasteiger partial charge on any atom is -0.497 e. The molecule has 1 aliphatic rings. The van der Waals surface area contributed by atoms with E-state index in [0.29, 0.717) is 33.5 Å². The molecule has 6 nitrogen and oxygen atoms in total. The second-order valence-electron chi connectivity index (χ2n) is 6.73. The lowest BCUT2D eigenvalue weighted by molar-refractivity contribution is -0.120. The number of hydrogen-bond donors (Lipinski definition) is 1. The molecule has 2 amide bonds. The average Bonchev–Trinajstić information content (AvgIpc) is 3.04. The maximum atomic E-state index is 13.4. The molecule has 3 aromatic rings. The molecule has 7 heteroatoms. The Kier molecular flexibility index (Phi) is 5.64. The molecule has 3 aromatic carbocycles. The number of nitrogens with zero attached hydrogens (tertiary/aromatic N) is 1. The Morgan fingerprint density at radius 2 is 1.48 bits per heavy atom. The maximum absolute atomic E-state index is 13.4. The smallest absolute Gasteiger partial charge is 0.282 e. The van der Waals surface area contributed by atoms with Crippen molar-refractivity contribution in [1.29, 1.82) is 0 Å². The number of para-hydroxylation sites is 2. The van der Waals surface area contributed by atoms with Gasteiger partial charge in [-0.05, 0) is 54.1 Å². The monoisotopic (exact) mass is 434 g/mol. The van der Waals surface area contributed by atoms with E-state index in [4.69, 9.17) is 21.1 Å². The highest BCUT2D eigenvalue weighted by atomic mass is 35.5. The predicted molar refractivity (Wildman–Crippen MR) is 120 cm³/mol. The first-order valence-corrected chi connectivity index (χ1v) is 9.84. The van der Waals surface area contributed by atoms with Crippen LogP contribution in [0.5, 0.6) is 11.5 Å². The summed E-state index contributed by atoms with van der Waals surface area (Å²) in [4.78, 5) is 28.0. The van der Waals surface area contributed by atoms with Gasteiger partial charge in [-0.15, -0.1) is 0 Å². The lowest BCUT2D eigenvalue weighted by Crippen LogP contribution is -2.32. The van der Waals surface area contributed by atoms with Crippen molar-refractivity contribution in [2.45, 2.75) is 0 Å². The van der Waals surface area contributed by atoms with Gasteiger partial charge in [-0.1, -0.05) is 35.9 Å². The van der Waals surface area contributed by atoms with E-state index in [1.807, 2.05) is 12.1 Å². The van der Waals surface area contributed by atoms with E-state index in [0.717, 1.165) is 4.90 Å². The SMILES string of the molecule is COc1ccc(C2=C(Nc3ccccc3OC)C(=O)N(c3ccc(Cl)cc3)C2=O)cc1.